The quantitative estimate of drug-likeness (QED) is 0.118. The van der Waals surface area contributed by atoms with E-state index in [0.717, 1.165) is 31.8 Å². The van der Waals surface area contributed by atoms with E-state index in [9.17, 15) is 34.2 Å². The molecule has 5 rings (SSSR count). The number of hydrogen-bond donors (Lipinski definition) is 4. The van der Waals surface area contributed by atoms with Crippen molar-refractivity contribution in [1.29, 1.82) is 0 Å². The number of carbonyl (C=O) groups excluding carboxylic acids is 2. The second-order valence-corrected chi connectivity index (χ2v) is 18.6. The summed E-state index contributed by atoms with van der Waals surface area (Å²) in [6.07, 6.45) is 8.71. The van der Waals surface area contributed by atoms with Gasteiger partial charge in [0.15, 0.2) is 0 Å². The van der Waals surface area contributed by atoms with Gasteiger partial charge < -0.3 is 34.8 Å². The number of carbonyl (C=O) groups is 5. The fraction of sp³-hybridized carbons (Fsp3) is 0.786. The topological polar surface area (TPSA) is 188 Å². The Bertz CT molecular complexity index is 1480. The molecule has 1 heterocycles. The Morgan fingerprint density at radius 3 is 2.13 bits per heavy atom. The minimum Gasteiger partial charge on any atom is -0.481 e. The monoisotopic (exact) mass is 759 g/mol. The lowest BCUT2D eigenvalue weighted by atomic mass is 9.46. The zero-order valence-corrected chi connectivity index (χ0v) is 33.5. The maximum atomic E-state index is 13.3. The molecule has 9 atom stereocenters. The van der Waals surface area contributed by atoms with Gasteiger partial charge in [-0.15, -0.1) is 0 Å². The van der Waals surface area contributed by atoms with Gasteiger partial charge in [-0.3, -0.25) is 24.0 Å². The van der Waals surface area contributed by atoms with Gasteiger partial charge in [-0.05, 0) is 78.4 Å². The van der Waals surface area contributed by atoms with Crippen LogP contribution in [-0.4, -0.2) is 88.2 Å². The molecule has 1 saturated heterocycles. The van der Waals surface area contributed by atoms with E-state index in [0.29, 0.717) is 22.3 Å². The number of methoxy groups -OCH3 is 1. The van der Waals surface area contributed by atoms with Crippen molar-refractivity contribution in [3.05, 3.63) is 23.8 Å². The van der Waals surface area contributed by atoms with E-state index >= 15 is 0 Å². The molecule has 0 aromatic rings. The molecule has 1 amide bonds. The first-order valence-electron chi connectivity index (χ1n) is 19.8. The van der Waals surface area contributed by atoms with Crippen LogP contribution >= 0.6 is 0 Å². The van der Waals surface area contributed by atoms with Gasteiger partial charge in [0.05, 0.1) is 32.0 Å². The highest BCUT2D eigenvalue weighted by Crippen LogP contribution is 2.64. The van der Waals surface area contributed by atoms with Crippen LogP contribution < -0.4 is 0 Å². The number of aliphatic hydroxyl groups excluding tert-OH is 1. The van der Waals surface area contributed by atoms with Gasteiger partial charge in [0, 0.05) is 43.4 Å². The van der Waals surface area contributed by atoms with Crippen LogP contribution in [0.3, 0.4) is 0 Å². The molecule has 0 aromatic heterocycles. The smallest absolute Gasteiger partial charge is 0.307 e. The van der Waals surface area contributed by atoms with E-state index in [4.69, 9.17) is 19.7 Å². The third-order valence-corrected chi connectivity index (χ3v) is 14.1. The second kappa shape index (κ2) is 16.9. The summed E-state index contributed by atoms with van der Waals surface area (Å²) in [6.45, 7) is 18.9. The Morgan fingerprint density at radius 2 is 1.54 bits per heavy atom. The number of rotatable bonds is 13. The maximum absolute atomic E-state index is 13.3. The number of amides is 1. The van der Waals surface area contributed by atoms with Crippen LogP contribution in [0, 0.1) is 57.2 Å². The summed E-state index contributed by atoms with van der Waals surface area (Å²) >= 11 is 0. The second-order valence-electron chi connectivity index (χ2n) is 18.6. The average molecular weight is 760 g/mol. The number of carboxylic acids is 3. The van der Waals surface area contributed by atoms with E-state index in [1.807, 2.05) is 7.11 Å². The molecule has 12 nitrogen and oxygen atoms in total. The van der Waals surface area contributed by atoms with Crippen molar-refractivity contribution in [1.82, 2.24) is 4.90 Å². The highest BCUT2D eigenvalue weighted by molar-refractivity contribution is 5.97. The first kappa shape index (κ1) is 43.5. The Labute approximate surface area is 320 Å². The molecule has 0 radical (unpaired) electrons. The van der Waals surface area contributed by atoms with E-state index in [2.05, 4.69) is 48.1 Å². The number of nitrogens with zero attached hydrogens (tertiary/aromatic N) is 1. The standard InChI is InChI=1S/C26H37NO10.C16H28O/c1-25(2)7-5-8-26(3)20-16(22(33)27(23(20)34)9-4-6-17(28)29)10-15(21(25)26)13-37-19(32)12-14(24(35)36)11-18(30)31;1-12-7-8-14-15(2,3)9-6-10-16(14,4)13(12)11-17-5/h10,14-15,20-21,23,34H,4-9,11-13H2,1-3H3,(H,28,29)(H,30,31)(H,35,36);13-14H,1,6-11H2,2-5H3/t14-,15+,20?,21-,23-,26?;13-,14-,16+/m00/s1. The molecular formula is C42H65NO11. The molecule has 4 aliphatic carbocycles. The van der Waals surface area contributed by atoms with Gasteiger partial charge in [-0.25, -0.2) is 0 Å². The van der Waals surface area contributed by atoms with Gasteiger partial charge in [-0.1, -0.05) is 72.6 Å². The molecule has 3 saturated carbocycles. The summed E-state index contributed by atoms with van der Waals surface area (Å²) in [7, 11) is 1.83. The summed E-state index contributed by atoms with van der Waals surface area (Å²) in [6, 6.07) is 0. The molecule has 54 heavy (non-hydrogen) atoms. The van der Waals surface area contributed by atoms with Crippen LogP contribution in [0.5, 0.6) is 0 Å². The van der Waals surface area contributed by atoms with Crippen molar-refractivity contribution in [2.45, 2.75) is 125 Å². The maximum Gasteiger partial charge on any atom is 0.307 e. The third kappa shape index (κ3) is 8.90. The lowest BCUT2D eigenvalue weighted by Crippen LogP contribution is -2.55. The van der Waals surface area contributed by atoms with Crippen molar-refractivity contribution in [3.63, 3.8) is 0 Å². The SMILES string of the molecule is C=C1CC[C@H]2C(C)(C)CCC[C@]2(C)[C@H]1COC.CC1(C)CCCC2(C)C3C(=C[C@H](COC(=O)C[C@H](CC(=O)O)C(=O)O)[C@@H]12)C(=O)N(CCCC(=O)O)[C@H]3O. The minimum atomic E-state index is -1.40. The molecule has 2 unspecified atom stereocenters. The van der Waals surface area contributed by atoms with Gasteiger partial charge in [0.1, 0.15) is 6.23 Å². The van der Waals surface area contributed by atoms with Gasteiger partial charge >= 0.3 is 23.9 Å². The van der Waals surface area contributed by atoms with Gasteiger partial charge in [-0.2, -0.15) is 0 Å². The van der Waals surface area contributed by atoms with E-state index in [1.165, 1.54) is 42.6 Å². The van der Waals surface area contributed by atoms with Gasteiger partial charge in [0.25, 0.3) is 5.91 Å². The fourth-order valence-electron chi connectivity index (χ4n) is 11.9. The summed E-state index contributed by atoms with van der Waals surface area (Å²) in [5.41, 5.74) is 2.09. The minimum absolute atomic E-state index is 0.0639. The molecule has 4 N–H and O–H groups in total. The van der Waals surface area contributed by atoms with Crippen LogP contribution in [0.4, 0.5) is 0 Å². The van der Waals surface area contributed by atoms with E-state index in [-0.39, 0.29) is 49.2 Å². The average Bonchev–Trinajstić information content (AvgIpc) is 3.29. The van der Waals surface area contributed by atoms with Crippen LogP contribution in [0.1, 0.15) is 119 Å². The number of likely N-dealkylation sites (tertiary alicyclic amines) is 1. The number of carboxylic acid groups (broad SMARTS) is 3. The van der Waals surface area contributed by atoms with Crippen LogP contribution in [0.15, 0.2) is 23.8 Å². The van der Waals surface area contributed by atoms with Crippen LogP contribution in [0.2, 0.25) is 0 Å². The zero-order chi connectivity index (χ0) is 40.4. The Morgan fingerprint density at radius 1 is 0.907 bits per heavy atom. The van der Waals surface area contributed by atoms with Crippen LogP contribution in [-0.2, 0) is 33.4 Å². The predicted octanol–water partition coefficient (Wildman–Crippen LogP) is 6.56. The summed E-state index contributed by atoms with van der Waals surface area (Å²) in [5, 5.41) is 38.4. The fourth-order valence-corrected chi connectivity index (χ4v) is 11.9. The van der Waals surface area contributed by atoms with Crippen molar-refractivity contribution in [3.8, 4) is 0 Å². The predicted molar refractivity (Wildman–Crippen MR) is 201 cm³/mol. The lowest BCUT2D eigenvalue weighted by molar-refractivity contribution is -0.158. The number of fused-ring (bicyclic) bond motifs is 4. The molecule has 4 fully saturated rings. The summed E-state index contributed by atoms with van der Waals surface area (Å²) in [4.78, 5) is 60.4. The van der Waals surface area contributed by atoms with Crippen molar-refractivity contribution in [2.75, 3.05) is 26.9 Å². The zero-order valence-electron chi connectivity index (χ0n) is 33.5. The Hall–Kier alpha value is -3.25. The third-order valence-electron chi connectivity index (χ3n) is 14.1. The molecule has 304 valence electrons. The molecule has 5 aliphatic rings. The lowest BCUT2D eigenvalue weighted by Gasteiger charge is -2.58. The van der Waals surface area contributed by atoms with Crippen LogP contribution in [0.25, 0.3) is 0 Å². The van der Waals surface area contributed by atoms with Crippen molar-refractivity contribution in [2.24, 2.45) is 57.2 Å². The number of ether oxygens (including phenoxy) is 2. The number of esters is 1. The van der Waals surface area contributed by atoms with E-state index in [1.54, 1.807) is 6.08 Å². The summed E-state index contributed by atoms with van der Waals surface area (Å²) in [5.74, 6) is -5.75. The first-order chi connectivity index (χ1) is 25.1. The Balaban J connectivity index is 0.000000317. The van der Waals surface area contributed by atoms with E-state index < -0.39 is 60.2 Å². The number of hydrogen-bond acceptors (Lipinski definition) is 8. The largest absolute Gasteiger partial charge is 0.481 e. The molecular weight excluding hydrogens is 694 g/mol. The number of aliphatic carboxylic acids is 3. The normalized spacial score (nSPS) is 34.2. The van der Waals surface area contributed by atoms with Crippen molar-refractivity contribution >= 4 is 29.8 Å². The highest BCUT2D eigenvalue weighted by Gasteiger charge is 2.62. The van der Waals surface area contributed by atoms with Gasteiger partial charge in [0.2, 0.25) is 0 Å². The molecule has 0 aromatic carbocycles. The highest BCUT2D eigenvalue weighted by atomic mass is 16.5. The summed E-state index contributed by atoms with van der Waals surface area (Å²) < 4.78 is 10.9. The molecule has 1 aliphatic heterocycles. The molecule has 0 bridgehead atoms. The Kier molecular flexibility index (Phi) is 13.6. The molecule has 0 spiro atoms. The number of aliphatic hydroxyl groups is 1. The van der Waals surface area contributed by atoms with Crippen molar-refractivity contribution < 1.29 is 53.9 Å². The first-order valence-corrected chi connectivity index (χ1v) is 19.8. The molecule has 12 heteroatoms.